The highest BCUT2D eigenvalue weighted by atomic mass is 16.6. The van der Waals surface area contributed by atoms with Crippen LogP contribution in [0, 0.1) is 10.1 Å². The molecule has 2 aromatic carbocycles. The number of esters is 1. The molecule has 0 aliphatic carbocycles. The molecule has 30 heavy (non-hydrogen) atoms. The van der Waals surface area contributed by atoms with Gasteiger partial charge in [-0.15, -0.1) is 0 Å². The molecule has 0 saturated heterocycles. The monoisotopic (exact) mass is 416 g/mol. The van der Waals surface area contributed by atoms with Crippen molar-refractivity contribution in [2.45, 2.75) is 12.1 Å². The van der Waals surface area contributed by atoms with Gasteiger partial charge in [0.15, 0.2) is 23.6 Å². The van der Waals surface area contributed by atoms with Crippen LogP contribution in [-0.2, 0) is 14.3 Å². The number of carbonyl (C=O) groups excluding carboxylic acids is 1. The van der Waals surface area contributed by atoms with E-state index in [0.717, 1.165) is 0 Å². The molecule has 0 amide bonds. The van der Waals surface area contributed by atoms with Crippen LogP contribution in [0.15, 0.2) is 41.4 Å². The van der Waals surface area contributed by atoms with Crippen LogP contribution in [-0.4, -0.2) is 51.3 Å². The Kier molecular flexibility index (Phi) is 6.05. The summed E-state index contributed by atoms with van der Waals surface area (Å²) in [5.74, 6) is 0.662. The smallest absolute Gasteiger partial charge is 0.335 e. The van der Waals surface area contributed by atoms with Crippen molar-refractivity contribution < 1.29 is 33.4 Å². The van der Waals surface area contributed by atoms with Crippen molar-refractivity contribution in [1.82, 2.24) is 0 Å². The van der Waals surface area contributed by atoms with E-state index < -0.39 is 23.0 Å². The lowest BCUT2D eigenvalue weighted by Gasteiger charge is -2.17. The summed E-state index contributed by atoms with van der Waals surface area (Å²) < 4.78 is 26.8. The summed E-state index contributed by atoms with van der Waals surface area (Å²) in [4.78, 5) is 27.3. The standard InChI is InChI=1S/C20H20N2O8/c1-26-14-9-12(10-15(27-2)18(14)28-3)19-21-16(20(23)29-4)17(30-19)11-6-5-7-13(8-11)22(24)25/h5-10,16-17H,1-4H3/t16-,17-/m0/s1. The summed E-state index contributed by atoms with van der Waals surface area (Å²) in [7, 11) is 5.66. The van der Waals surface area contributed by atoms with Crippen LogP contribution in [0.5, 0.6) is 17.2 Å². The second-order valence-corrected chi connectivity index (χ2v) is 6.21. The second-order valence-electron chi connectivity index (χ2n) is 6.21. The molecule has 2 atom stereocenters. The third-order valence-electron chi connectivity index (χ3n) is 4.55. The molecular formula is C20H20N2O8. The molecule has 0 aromatic heterocycles. The first-order valence-electron chi connectivity index (χ1n) is 8.80. The molecule has 10 heteroatoms. The molecule has 1 heterocycles. The van der Waals surface area contributed by atoms with Crippen LogP contribution in [0.1, 0.15) is 17.2 Å². The van der Waals surface area contributed by atoms with E-state index in [-0.39, 0.29) is 11.6 Å². The molecule has 1 aliphatic rings. The number of hydrogen-bond donors (Lipinski definition) is 0. The molecule has 0 unspecified atom stereocenters. The van der Waals surface area contributed by atoms with Gasteiger partial charge >= 0.3 is 5.97 Å². The Labute approximate surface area is 172 Å². The zero-order valence-corrected chi connectivity index (χ0v) is 16.8. The van der Waals surface area contributed by atoms with Gasteiger partial charge in [-0.25, -0.2) is 9.79 Å². The van der Waals surface area contributed by atoms with Crippen molar-refractivity contribution in [3.63, 3.8) is 0 Å². The first-order valence-corrected chi connectivity index (χ1v) is 8.80. The van der Waals surface area contributed by atoms with Gasteiger partial charge in [-0.2, -0.15) is 0 Å². The van der Waals surface area contributed by atoms with E-state index in [2.05, 4.69) is 4.99 Å². The van der Waals surface area contributed by atoms with E-state index in [1.807, 2.05) is 0 Å². The molecule has 3 rings (SSSR count). The number of nitrogens with zero attached hydrogens (tertiary/aromatic N) is 2. The molecule has 1 aliphatic heterocycles. The molecule has 0 N–H and O–H groups in total. The normalized spacial score (nSPS) is 17.5. The number of carbonyl (C=O) groups is 1. The Morgan fingerprint density at radius 3 is 2.27 bits per heavy atom. The van der Waals surface area contributed by atoms with Crippen LogP contribution in [0.3, 0.4) is 0 Å². The lowest BCUT2D eigenvalue weighted by molar-refractivity contribution is -0.385. The summed E-state index contributed by atoms with van der Waals surface area (Å²) in [6.45, 7) is 0. The van der Waals surface area contributed by atoms with Crippen LogP contribution in [0.25, 0.3) is 0 Å². The number of nitro benzene ring substituents is 1. The molecule has 0 saturated carbocycles. The highest BCUT2D eigenvalue weighted by Crippen LogP contribution is 2.40. The molecule has 2 aromatic rings. The fourth-order valence-corrected chi connectivity index (χ4v) is 3.12. The minimum absolute atomic E-state index is 0.124. The van der Waals surface area contributed by atoms with Gasteiger partial charge in [0.05, 0.1) is 33.4 Å². The lowest BCUT2D eigenvalue weighted by atomic mass is 10.0. The van der Waals surface area contributed by atoms with Crippen molar-refractivity contribution in [3.05, 3.63) is 57.6 Å². The number of non-ortho nitro benzene ring substituents is 1. The van der Waals surface area contributed by atoms with E-state index in [1.54, 1.807) is 18.2 Å². The van der Waals surface area contributed by atoms with Gasteiger partial charge in [0.2, 0.25) is 11.6 Å². The molecule has 0 bridgehead atoms. The predicted octanol–water partition coefficient (Wildman–Crippen LogP) is 2.68. The minimum Gasteiger partial charge on any atom is -0.493 e. The van der Waals surface area contributed by atoms with Crippen LogP contribution >= 0.6 is 0 Å². The second kappa shape index (κ2) is 8.68. The van der Waals surface area contributed by atoms with Gasteiger partial charge < -0.3 is 23.7 Å². The van der Waals surface area contributed by atoms with Crippen molar-refractivity contribution in [2.75, 3.05) is 28.4 Å². The number of nitro groups is 1. The first kappa shape index (κ1) is 20.9. The van der Waals surface area contributed by atoms with Crippen molar-refractivity contribution >= 4 is 17.6 Å². The third-order valence-corrected chi connectivity index (χ3v) is 4.55. The van der Waals surface area contributed by atoms with Crippen molar-refractivity contribution in [3.8, 4) is 17.2 Å². The molecule has 158 valence electrons. The Morgan fingerprint density at radius 1 is 1.07 bits per heavy atom. The molecule has 0 spiro atoms. The molecule has 0 radical (unpaired) electrons. The molecular weight excluding hydrogens is 396 g/mol. The molecule has 10 nitrogen and oxygen atoms in total. The summed E-state index contributed by atoms with van der Waals surface area (Å²) in [6.07, 6.45) is -0.897. The lowest BCUT2D eigenvalue weighted by Crippen LogP contribution is -2.25. The number of aliphatic imine (C=N–C) groups is 1. The predicted molar refractivity (Wildman–Crippen MR) is 105 cm³/mol. The number of methoxy groups -OCH3 is 4. The highest BCUT2D eigenvalue weighted by Gasteiger charge is 2.40. The SMILES string of the molecule is COC(=O)[C@H]1N=C(c2cc(OC)c(OC)c(OC)c2)O[C@H]1c1cccc([N+](=O)[O-])c1. The first-order chi connectivity index (χ1) is 14.4. The fourth-order valence-electron chi connectivity index (χ4n) is 3.12. The summed E-state index contributed by atoms with van der Waals surface area (Å²) in [5, 5.41) is 11.1. The Balaban J connectivity index is 2.04. The van der Waals surface area contributed by atoms with Crippen LogP contribution in [0.2, 0.25) is 0 Å². The highest BCUT2D eigenvalue weighted by molar-refractivity contribution is 5.99. The van der Waals surface area contributed by atoms with Crippen molar-refractivity contribution in [1.29, 1.82) is 0 Å². The van der Waals surface area contributed by atoms with Crippen LogP contribution in [0.4, 0.5) is 5.69 Å². The zero-order chi connectivity index (χ0) is 21.8. The van der Waals surface area contributed by atoms with Gasteiger partial charge in [0.25, 0.3) is 5.69 Å². The minimum atomic E-state index is -1.04. The number of benzene rings is 2. The third kappa shape index (κ3) is 3.84. The number of ether oxygens (including phenoxy) is 5. The number of hydrogen-bond acceptors (Lipinski definition) is 9. The summed E-state index contributed by atoms with van der Waals surface area (Å²) in [6, 6.07) is 8.06. The summed E-state index contributed by atoms with van der Waals surface area (Å²) in [5.41, 5.74) is 0.776. The maximum atomic E-state index is 12.3. The van der Waals surface area contributed by atoms with E-state index >= 15 is 0 Å². The van der Waals surface area contributed by atoms with Gasteiger partial charge in [0, 0.05) is 23.3 Å². The quantitative estimate of drug-likeness (QED) is 0.384. The zero-order valence-electron chi connectivity index (χ0n) is 16.8. The fraction of sp³-hybridized carbons (Fsp3) is 0.300. The average molecular weight is 416 g/mol. The topological polar surface area (TPSA) is 119 Å². The largest absolute Gasteiger partial charge is 0.493 e. The molecule has 0 fully saturated rings. The van der Waals surface area contributed by atoms with E-state index in [1.165, 1.54) is 46.6 Å². The van der Waals surface area contributed by atoms with Gasteiger partial charge in [0.1, 0.15) is 0 Å². The van der Waals surface area contributed by atoms with E-state index in [0.29, 0.717) is 28.4 Å². The Morgan fingerprint density at radius 2 is 1.73 bits per heavy atom. The summed E-state index contributed by atoms with van der Waals surface area (Å²) >= 11 is 0. The van der Waals surface area contributed by atoms with Gasteiger partial charge in [-0.3, -0.25) is 10.1 Å². The van der Waals surface area contributed by atoms with Crippen molar-refractivity contribution in [2.24, 2.45) is 4.99 Å². The van der Waals surface area contributed by atoms with E-state index in [4.69, 9.17) is 23.7 Å². The number of rotatable bonds is 7. The maximum absolute atomic E-state index is 12.3. The Hall–Kier alpha value is -3.82. The van der Waals surface area contributed by atoms with E-state index in [9.17, 15) is 14.9 Å². The van der Waals surface area contributed by atoms with Gasteiger partial charge in [-0.05, 0) is 12.1 Å². The maximum Gasteiger partial charge on any atom is 0.335 e. The average Bonchev–Trinajstić information content (AvgIpc) is 3.23. The van der Waals surface area contributed by atoms with Gasteiger partial charge in [-0.1, -0.05) is 12.1 Å². The van der Waals surface area contributed by atoms with Crippen LogP contribution < -0.4 is 14.2 Å². The Bertz CT molecular complexity index is 979.